The molecule has 1 saturated heterocycles. The van der Waals surface area contributed by atoms with Crippen molar-refractivity contribution in [3.05, 3.63) is 66.0 Å². The van der Waals surface area contributed by atoms with Gasteiger partial charge in [0.1, 0.15) is 0 Å². The van der Waals surface area contributed by atoms with Crippen molar-refractivity contribution < 1.29 is 14.7 Å². The van der Waals surface area contributed by atoms with Crippen LogP contribution < -0.4 is 0 Å². The van der Waals surface area contributed by atoms with Gasteiger partial charge in [-0.1, -0.05) is 30.3 Å². The third-order valence-corrected chi connectivity index (χ3v) is 4.77. The molecule has 1 aliphatic heterocycles. The second-order valence-electron chi connectivity index (χ2n) is 6.43. The first-order chi connectivity index (χ1) is 12.6. The third-order valence-electron chi connectivity index (χ3n) is 4.77. The molecule has 1 N–H and O–H groups in total. The molecule has 0 bridgehead atoms. The minimum absolute atomic E-state index is 0.000419. The molecule has 1 aromatic carbocycles. The summed E-state index contributed by atoms with van der Waals surface area (Å²) in [7, 11) is 0. The van der Waals surface area contributed by atoms with Gasteiger partial charge in [-0.25, -0.2) is 0 Å². The minimum atomic E-state index is -0.781. The molecule has 136 valence electrons. The van der Waals surface area contributed by atoms with Gasteiger partial charge >= 0.3 is 5.97 Å². The van der Waals surface area contributed by atoms with Crippen LogP contribution >= 0.6 is 0 Å². The van der Waals surface area contributed by atoms with Crippen LogP contribution in [0.1, 0.15) is 34.8 Å². The van der Waals surface area contributed by atoms with Gasteiger partial charge in [-0.3, -0.25) is 19.5 Å². The summed E-state index contributed by atoms with van der Waals surface area (Å²) in [6, 6.07) is 13.6. The number of carbonyl (C=O) groups is 2. The summed E-state index contributed by atoms with van der Waals surface area (Å²) >= 11 is 0. The van der Waals surface area contributed by atoms with Gasteiger partial charge in [0.25, 0.3) is 5.91 Å². The highest BCUT2D eigenvalue weighted by molar-refractivity contribution is 5.93. The maximum Gasteiger partial charge on any atom is 0.303 e. The molecule has 26 heavy (non-hydrogen) atoms. The van der Waals surface area contributed by atoms with Crippen LogP contribution in [0.2, 0.25) is 0 Å². The number of carbonyl (C=O) groups excluding carboxylic acids is 1. The minimum Gasteiger partial charge on any atom is -0.481 e. The van der Waals surface area contributed by atoms with Crippen molar-refractivity contribution in [3.63, 3.8) is 0 Å². The number of piperazine rings is 1. The second-order valence-corrected chi connectivity index (χ2v) is 6.43. The van der Waals surface area contributed by atoms with E-state index in [4.69, 9.17) is 5.11 Å². The van der Waals surface area contributed by atoms with Gasteiger partial charge in [-0.2, -0.15) is 0 Å². The Morgan fingerprint density at radius 3 is 2.38 bits per heavy atom. The Morgan fingerprint density at radius 1 is 1.04 bits per heavy atom. The number of carboxylic acid groups (broad SMARTS) is 1. The van der Waals surface area contributed by atoms with Gasteiger partial charge in [-0.15, -0.1) is 0 Å². The van der Waals surface area contributed by atoms with Gasteiger partial charge in [0.15, 0.2) is 0 Å². The maximum atomic E-state index is 12.6. The van der Waals surface area contributed by atoms with Crippen LogP contribution in [0.3, 0.4) is 0 Å². The fourth-order valence-electron chi connectivity index (χ4n) is 3.40. The van der Waals surface area contributed by atoms with E-state index in [9.17, 15) is 9.59 Å². The molecule has 1 atom stereocenters. The summed E-state index contributed by atoms with van der Waals surface area (Å²) in [6.45, 7) is 2.71. The zero-order chi connectivity index (χ0) is 18.4. The molecular formula is C20H23N3O3. The lowest BCUT2D eigenvalue weighted by atomic mass is 9.99. The number of hydrogen-bond donors (Lipinski definition) is 1. The number of rotatable bonds is 6. The number of amides is 1. The lowest BCUT2D eigenvalue weighted by Crippen LogP contribution is -2.49. The van der Waals surface area contributed by atoms with E-state index in [1.165, 1.54) is 0 Å². The molecule has 0 unspecified atom stereocenters. The fourth-order valence-corrected chi connectivity index (χ4v) is 3.40. The second kappa shape index (κ2) is 8.58. The molecule has 2 aromatic rings. The normalized spacial score (nSPS) is 16.2. The molecule has 0 aliphatic carbocycles. The van der Waals surface area contributed by atoms with E-state index in [-0.39, 0.29) is 18.4 Å². The molecule has 0 radical (unpaired) electrons. The van der Waals surface area contributed by atoms with E-state index >= 15 is 0 Å². The highest BCUT2D eigenvalue weighted by Crippen LogP contribution is 2.27. The standard InChI is InChI=1S/C20H23N3O3/c24-19(25)9-8-18(16-5-2-1-3-6-16)22-11-13-23(14-12-22)20(26)17-7-4-10-21-15-17/h1-7,10,15,18H,8-9,11-14H2,(H,24,25)/t18-/m1/s1. The number of pyridine rings is 1. The predicted molar refractivity (Wildman–Crippen MR) is 97.8 cm³/mol. The molecule has 0 saturated carbocycles. The summed E-state index contributed by atoms with van der Waals surface area (Å²) in [4.78, 5) is 31.7. The average molecular weight is 353 g/mol. The number of carboxylic acids is 1. The smallest absolute Gasteiger partial charge is 0.303 e. The van der Waals surface area contributed by atoms with Crippen LogP contribution in [0.4, 0.5) is 0 Å². The number of nitrogens with zero attached hydrogens (tertiary/aromatic N) is 3. The van der Waals surface area contributed by atoms with Crippen molar-refractivity contribution in [3.8, 4) is 0 Å². The van der Waals surface area contributed by atoms with Crippen LogP contribution in [0, 0.1) is 0 Å². The van der Waals surface area contributed by atoms with Crippen molar-refractivity contribution in [2.45, 2.75) is 18.9 Å². The van der Waals surface area contributed by atoms with Crippen molar-refractivity contribution in [1.29, 1.82) is 0 Å². The molecule has 1 amide bonds. The van der Waals surface area contributed by atoms with Gasteiger partial charge in [-0.05, 0) is 24.1 Å². The number of aliphatic carboxylic acids is 1. The Morgan fingerprint density at radius 2 is 1.77 bits per heavy atom. The van der Waals surface area contributed by atoms with Crippen LogP contribution in [-0.2, 0) is 4.79 Å². The van der Waals surface area contributed by atoms with E-state index in [0.717, 1.165) is 18.7 Å². The molecule has 3 rings (SSSR count). The van der Waals surface area contributed by atoms with E-state index in [1.54, 1.807) is 24.5 Å². The Labute approximate surface area is 153 Å². The first kappa shape index (κ1) is 18.1. The Kier molecular flexibility index (Phi) is 5.96. The summed E-state index contributed by atoms with van der Waals surface area (Å²) in [5.41, 5.74) is 1.73. The van der Waals surface area contributed by atoms with E-state index in [2.05, 4.69) is 9.88 Å². The van der Waals surface area contributed by atoms with Crippen LogP contribution in [0.15, 0.2) is 54.9 Å². The number of hydrogen-bond acceptors (Lipinski definition) is 4. The average Bonchev–Trinajstić information content (AvgIpc) is 2.69. The summed E-state index contributed by atoms with van der Waals surface area (Å²) in [5, 5.41) is 9.07. The van der Waals surface area contributed by atoms with Gasteiger partial charge in [0.05, 0.1) is 5.56 Å². The molecule has 1 aromatic heterocycles. The molecule has 0 spiro atoms. The first-order valence-electron chi connectivity index (χ1n) is 8.85. The summed E-state index contributed by atoms with van der Waals surface area (Å²) in [6.07, 6.45) is 3.94. The lowest BCUT2D eigenvalue weighted by molar-refractivity contribution is -0.137. The largest absolute Gasteiger partial charge is 0.481 e. The van der Waals surface area contributed by atoms with Gasteiger partial charge in [0.2, 0.25) is 0 Å². The quantitative estimate of drug-likeness (QED) is 0.863. The predicted octanol–water partition coefficient (Wildman–Crippen LogP) is 2.45. The lowest BCUT2D eigenvalue weighted by Gasteiger charge is -2.39. The zero-order valence-electron chi connectivity index (χ0n) is 14.6. The van der Waals surface area contributed by atoms with E-state index in [1.807, 2.05) is 35.2 Å². The molecule has 1 aliphatic rings. The number of aromatic nitrogens is 1. The van der Waals surface area contributed by atoms with E-state index < -0.39 is 5.97 Å². The van der Waals surface area contributed by atoms with Crippen LogP contribution in [0.5, 0.6) is 0 Å². The highest BCUT2D eigenvalue weighted by Gasteiger charge is 2.27. The topological polar surface area (TPSA) is 73.7 Å². The zero-order valence-corrected chi connectivity index (χ0v) is 14.6. The first-order valence-corrected chi connectivity index (χ1v) is 8.85. The third kappa shape index (κ3) is 4.46. The number of benzene rings is 1. The van der Waals surface area contributed by atoms with Gasteiger partial charge in [0, 0.05) is 51.0 Å². The molecule has 2 heterocycles. The Hall–Kier alpha value is -2.73. The van der Waals surface area contributed by atoms with Crippen molar-refractivity contribution in [2.75, 3.05) is 26.2 Å². The molecule has 1 fully saturated rings. The fraction of sp³-hybridized carbons (Fsp3) is 0.350. The van der Waals surface area contributed by atoms with Crippen LogP contribution in [-0.4, -0.2) is 57.9 Å². The maximum absolute atomic E-state index is 12.6. The molecular weight excluding hydrogens is 330 g/mol. The van der Waals surface area contributed by atoms with Crippen molar-refractivity contribution in [2.24, 2.45) is 0 Å². The Balaban J connectivity index is 1.65. The van der Waals surface area contributed by atoms with Crippen LogP contribution in [0.25, 0.3) is 0 Å². The summed E-state index contributed by atoms with van der Waals surface area (Å²) in [5.74, 6) is -0.782. The van der Waals surface area contributed by atoms with Crippen molar-refractivity contribution in [1.82, 2.24) is 14.8 Å². The SMILES string of the molecule is O=C(O)CC[C@H](c1ccccc1)N1CCN(C(=O)c2cccnc2)CC1. The molecule has 6 heteroatoms. The van der Waals surface area contributed by atoms with Crippen molar-refractivity contribution >= 4 is 11.9 Å². The Bertz CT molecular complexity index is 728. The van der Waals surface area contributed by atoms with Gasteiger partial charge < -0.3 is 10.0 Å². The monoisotopic (exact) mass is 353 g/mol. The van der Waals surface area contributed by atoms with E-state index in [0.29, 0.717) is 25.1 Å². The summed E-state index contributed by atoms with van der Waals surface area (Å²) < 4.78 is 0. The molecule has 6 nitrogen and oxygen atoms in total. The highest BCUT2D eigenvalue weighted by atomic mass is 16.4.